The van der Waals surface area contributed by atoms with Gasteiger partial charge in [-0.05, 0) is 43.2 Å². The Bertz CT molecular complexity index is 1020. The fourth-order valence-electron chi connectivity index (χ4n) is 3.72. The van der Waals surface area contributed by atoms with E-state index in [0.717, 1.165) is 36.3 Å². The summed E-state index contributed by atoms with van der Waals surface area (Å²) in [4.78, 5) is 18.7. The van der Waals surface area contributed by atoms with Crippen LogP contribution in [0.1, 0.15) is 35.9 Å². The Labute approximate surface area is 172 Å². The van der Waals surface area contributed by atoms with Crippen LogP contribution in [-0.4, -0.2) is 24.0 Å². The van der Waals surface area contributed by atoms with Crippen LogP contribution in [-0.2, 0) is 4.79 Å². The first-order valence-electron chi connectivity index (χ1n) is 9.33. The predicted octanol–water partition coefficient (Wildman–Crippen LogP) is 3.57. The van der Waals surface area contributed by atoms with Gasteiger partial charge >= 0.3 is 0 Å². The van der Waals surface area contributed by atoms with Gasteiger partial charge in [-0.1, -0.05) is 23.7 Å². The zero-order valence-electron chi connectivity index (χ0n) is 15.2. The molecule has 5 nitrogen and oxygen atoms in total. The maximum absolute atomic E-state index is 12.6. The summed E-state index contributed by atoms with van der Waals surface area (Å²) in [7, 11) is 0. The summed E-state index contributed by atoms with van der Waals surface area (Å²) in [5, 5.41) is 13.3. The fraction of sp³-hybridized carbons (Fsp3) is 0.286. The molecular formula is C21H20ClN4OS+. The lowest BCUT2D eigenvalue weighted by Crippen LogP contribution is -3.14. The lowest BCUT2D eigenvalue weighted by Gasteiger charge is -2.30. The van der Waals surface area contributed by atoms with E-state index in [4.69, 9.17) is 21.8 Å². The predicted molar refractivity (Wildman–Crippen MR) is 112 cm³/mol. The van der Waals surface area contributed by atoms with E-state index >= 15 is 0 Å². The quantitative estimate of drug-likeness (QED) is 0.689. The maximum Gasteiger partial charge on any atom is 0.279 e. The van der Waals surface area contributed by atoms with Gasteiger partial charge in [0.25, 0.3) is 5.91 Å². The van der Waals surface area contributed by atoms with Gasteiger partial charge in [0, 0.05) is 12.1 Å². The Balaban J connectivity index is 1.48. The summed E-state index contributed by atoms with van der Waals surface area (Å²) in [5.41, 5.74) is 2.04. The first kappa shape index (κ1) is 18.9. The number of para-hydroxylation sites is 1. The second kappa shape index (κ2) is 8.27. The monoisotopic (exact) mass is 411 g/mol. The van der Waals surface area contributed by atoms with Crippen molar-refractivity contribution in [3.8, 4) is 6.07 Å². The molecule has 2 heterocycles. The molecule has 1 fully saturated rings. The first-order valence-corrected chi connectivity index (χ1v) is 10.5. The largest absolute Gasteiger partial charge is 0.321 e. The van der Waals surface area contributed by atoms with Gasteiger partial charge in [0.1, 0.15) is 12.1 Å². The van der Waals surface area contributed by atoms with E-state index in [2.05, 4.69) is 11.4 Å². The summed E-state index contributed by atoms with van der Waals surface area (Å²) in [6.07, 6.45) is 3.33. The molecular weight excluding hydrogens is 392 g/mol. The average Bonchev–Trinajstić information content (AvgIpc) is 3.12. The van der Waals surface area contributed by atoms with Crippen LogP contribution in [0.2, 0.25) is 5.02 Å². The maximum atomic E-state index is 12.6. The number of hydrogen-bond acceptors (Lipinski definition) is 4. The highest BCUT2D eigenvalue weighted by molar-refractivity contribution is 7.18. The Hall–Kier alpha value is -2.46. The molecule has 4 rings (SSSR count). The number of fused-ring (bicyclic) bond motifs is 1. The minimum absolute atomic E-state index is 0.0521. The van der Waals surface area contributed by atoms with E-state index in [1.807, 2.05) is 24.3 Å². The number of likely N-dealkylation sites (tertiary alicyclic amines) is 1. The number of carbonyl (C=O) groups excluding carboxylic acids is 1. The topological polar surface area (TPSA) is 70.2 Å². The van der Waals surface area contributed by atoms with Crippen molar-refractivity contribution in [3.63, 3.8) is 0 Å². The molecule has 1 aliphatic heterocycles. The number of nitrogens with zero attached hydrogens (tertiary/aromatic N) is 2. The van der Waals surface area contributed by atoms with Gasteiger partial charge in [0.05, 0.1) is 27.3 Å². The van der Waals surface area contributed by atoms with Crippen LogP contribution in [0, 0.1) is 11.3 Å². The zero-order chi connectivity index (χ0) is 19.5. The lowest BCUT2D eigenvalue weighted by atomic mass is 10.0. The number of halogens is 1. The number of hydrogen-bond donors (Lipinski definition) is 2. The molecule has 2 N–H and O–H groups in total. The summed E-state index contributed by atoms with van der Waals surface area (Å²) < 4.78 is 1.19. The number of aromatic nitrogens is 1. The smallest absolute Gasteiger partial charge is 0.279 e. The van der Waals surface area contributed by atoms with Crippen molar-refractivity contribution >= 4 is 44.7 Å². The zero-order valence-corrected chi connectivity index (χ0v) is 16.8. The third kappa shape index (κ3) is 4.02. The van der Waals surface area contributed by atoms with Gasteiger partial charge in [-0.3, -0.25) is 4.79 Å². The minimum atomic E-state index is -0.0521. The Morgan fingerprint density at radius 2 is 2.18 bits per heavy atom. The van der Waals surface area contributed by atoms with Gasteiger partial charge in [0.15, 0.2) is 11.6 Å². The van der Waals surface area contributed by atoms with E-state index in [1.165, 1.54) is 9.60 Å². The molecule has 0 spiro atoms. The summed E-state index contributed by atoms with van der Waals surface area (Å²) in [6, 6.07) is 15.4. The van der Waals surface area contributed by atoms with Crippen LogP contribution >= 0.6 is 22.9 Å². The highest BCUT2D eigenvalue weighted by Crippen LogP contribution is 2.28. The summed E-state index contributed by atoms with van der Waals surface area (Å²) in [6.45, 7) is 1.35. The summed E-state index contributed by atoms with van der Waals surface area (Å²) >= 11 is 7.79. The average molecular weight is 412 g/mol. The normalized spacial score (nSPS) is 19.3. The number of carbonyl (C=O) groups is 1. The number of anilines is 1. The molecule has 1 unspecified atom stereocenters. The number of quaternary nitrogens is 1. The molecule has 3 aromatic rings. The van der Waals surface area contributed by atoms with E-state index in [0.29, 0.717) is 22.8 Å². The van der Waals surface area contributed by atoms with E-state index in [9.17, 15) is 4.79 Å². The molecule has 1 aromatic heterocycles. The number of nitrogens with one attached hydrogen (secondary N) is 2. The van der Waals surface area contributed by atoms with Gasteiger partial charge < -0.3 is 10.2 Å². The van der Waals surface area contributed by atoms with Crippen LogP contribution in [0.25, 0.3) is 10.2 Å². The van der Waals surface area contributed by atoms with Crippen LogP contribution in [0.3, 0.4) is 0 Å². The Morgan fingerprint density at radius 3 is 2.96 bits per heavy atom. The number of benzene rings is 2. The van der Waals surface area contributed by atoms with Gasteiger partial charge in [0.2, 0.25) is 0 Å². The van der Waals surface area contributed by atoms with Crippen LogP contribution in [0.4, 0.5) is 5.69 Å². The highest BCUT2D eigenvalue weighted by Gasteiger charge is 2.31. The second-order valence-electron chi connectivity index (χ2n) is 7.01. The van der Waals surface area contributed by atoms with Gasteiger partial charge in [-0.25, -0.2) is 4.98 Å². The van der Waals surface area contributed by atoms with Crippen LogP contribution < -0.4 is 10.2 Å². The Kier molecular flexibility index (Phi) is 5.58. The fourth-order valence-corrected chi connectivity index (χ4v) is 5.11. The molecule has 2 atom stereocenters. The van der Waals surface area contributed by atoms with Gasteiger partial charge in [-0.15, -0.1) is 11.3 Å². The van der Waals surface area contributed by atoms with Crippen molar-refractivity contribution in [2.24, 2.45) is 0 Å². The van der Waals surface area contributed by atoms with Gasteiger partial charge in [-0.2, -0.15) is 5.26 Å². The molecule has 28 heavy (non-hydrogen) atoms. The Morgan fingerprint density at radius 1 is 1.32 bits per heavy atom. The van der Waals surface area contributed by atoms with E-state index in [-0.39, 0.29) is 11.9 Å². The molecule has 1 saturated heterocycles. The van der Waals surface area contributed by atoms with Crippen molar-refractivity contribution in [1.29, 1.82) is 5.26 Å². The minimum Gasteiger partial charge on any atom is -0.321 e. The van der Waals surface area contributed by atoms with Crippen molar-refractivity contribution in [2.45, 2.75) is 25.3 Å². The van der Waals surface area contributed by atoms with Crippen molar-refractivity contribution in [1.82, 2.24) is 4.98 Å². The van der Waals surface area contributed by atoms with E-state index < -0.39 is 0 Å². The molecule has 1 aliphatic rings. The first-order chi connectivity index (χ1) is 13.6. The molecule has 1 amide bonds. The number of thiazole rings is 1. The number of nitriles is 1. The molecule has 142 valence electrons. The standard InChI is InChI=1S/C21H19ClN4OS/c22-16-11-15(9-8-14(16)12-23)24-20(27)13-26-10-4-3-6-18(26)21-25-17-5-1-2-7-19(17)28-21/h1-2,5,7-9,11,18H,3-4,6,10,13H2,(H,24,27)/p+1/t18-/m0/s1. The lowest BCUT2D eigenvalue weighted by molar-refractivity contribution is -0.929. The molecule has 2 aromatic carbocycles. The summed E-state index contributed by atoms with van der Waals surface area (Å²) in [5.74, 6) is -0.0521. The van der Waals surface area contributed by atoms with Crippen molar-refractivity contribution in [2.75, 3.05) is 18.4 Å². The molecule has 0 saturated carbocycles. The number of rotatable bonds is 4. The SMILES string of the molecule is N#Cc1ccc(NC(=O)C[NH+]2CCCC[C@H]2c2nc3ccccc3s2)cc1Cl. The third-order valence-electron chi connectivity index (χ3n) is 5.10. The van der Waals surface area contributed by atoms with Crippen molar-refractivity contribution < 1.29 is 9.69 Å². The highest BCUT2D eigenvalue weighted by atomic mass is 35.5. The van der Waals surface area contributed by atoms with Crippen LogP contribution in [0.15, 0.2) is 42.5 Å². The molecule has 0 bridgehead atoms. The molecule has 7 heteroatoms. The van der Waals surface area contributed by atoms with Crippen molar-refractivity contribution in [3.05, 3.63) is 58.1 Å². The third-order valence-corrected chi connectivity index (χ3v) is 6.57. The molecule has 0 aliphatic carbocycles. The second-order valence-corrected chi connectivity index (χ2v) is 8.48. The van der Waals surface area contributed by atoms with E-state index in [1.54, 1.807) is 29.5 Å². The van der Waals surface area contributed by atoms with Crippen LogP contribution in [0.5, 0.6) is 0 Å². The molecule has 0 radical (unpaired) electrons. The number of amides is 1. The number of piperidine rings is 1.